The summed E-state index contributed by atoms with van der Waals surface area (Å²) in [4.78, 5) is 37.1. The first-order valence-electron chi connectivity index (χ1n) is 12.1. The minimum atomic E-state index is -1.13. The standard InChI is InChI=1S/C29H26ClN3O6/c1-17-25(32-29(37)38-18(2)22-10-6-7-11-23(22)30)26(39-33-17)20-12-14-21(15-13-20)27(34)31-24(28(35)36)16-19-8-4-3-5-9-19/h3-15,18,24H,16H2,1-2H3,(H,31,34)(H,32,37)(H,35,36)/t18-,24-/m1/s1. The molecule has 1 aromatic heterocycles. The Labute approximate surface area is 229 Å². The van der Waals surface area contributed by atoms with Crippen LogP contribution >= 0.6 is 11.6 Å². The van der Waals surface area contributed by atoms with Gasteiger partial charge in [-0.25, -0.2) is 9.59 Å². The number of amides is 2. The highest BCUT2D eigenvalue weighted by molar-refractivity contribution is 6.31. The lowest BCUT2D eigenvalue weighted by Gasteiger charge is -2.15. The maximum absolute atomic E-state index is 12.8. The molecule has 2 amide bonds. The highest BCUT2D eigenvalue weighted by Crippen LogP contribution is 2.32. The number of benzene rings is 3. The lowest BCUT2D eigenvalue weighted by atomic mass is 10.0. The number of aromatic nitrogens is 1. The van der Waals surface area contributed by atoms with Gasteiger partial charge in [0.1, 0.15) is 23.5 Å². The van der Waals surface area contributed by atoms with Gasteiger partial charge in [-0.1, -0.05) is 77.4 Å². The van der Waals surface area contributed by atoms with Crippen LogP contribution in [0.15, 0.2) is 83.4 Å². The van der Waals surface area contributed by atoms with Gasteiger partial charge in [0.25, 0.3) is 5.91 Å². The number of carbonyl (C=O) groups is 3. The van der Waals surface area contributed by atoms with Gasteiger partial charge in [0.05, 0.1) is 0 Å². The number of aliphatic carboxylic acids is 1. The van der Waals surface area contributed by atoms with E-state index in [1.807, 2.05) is 18.2 Å². The molecule has 0 spiro atoms. The van der Waals surface area contributed by atoms with Crippen molar-refractivity contribution >= 4 is 35.3 Å². The van der Waals surface area contributed by atoms with E-state index in [9.17, 15) is 19.5 Å². The van der Waals surface area contributed by atoms with Gasteiger partial charge in [-0.2, -0.15) is 0 Å². The fourth-order valence-corrected chi connectivity index (χ4v) is 4.23. The number of halogens is 1. The predicted molar refractivity (Wildman–Crippen MR) is 146 cm³/mol. The molecule has 0 saturated heterocycles. The third kappa shape index (κ3) is 6.82. The third-order valence-electron chi connectivity index (χ3n) is 6.01. The maximum atomic E-state index is 12.8. The van der Waals surface area contributed by atoms with Crippen molar-refractivity contribution in [3.8, 4) is 11.3 Å². The summed E-state index contributed by atoms with van der Waals surface area (Å²) in [6.07, 6.45) is -1.17. The number of hydrogen-bond acceptors (Lipinski definition) is 6. The van der Waals surface area contributed by atoms with Crippen molar-refractivity contribution in [2.75, 3.05) is 5.32 Å². The SMILES string of the molecule is Cc1noc(-c2ccc(C(=O)N[C@H](Cc3ccccc3)C(=O)O)cc2)c1NC(=O)O[C@H](C)c1ccccc1Cl. The third-order valence-corrected chi connectivity index (χ3v) is 6.36. The summed E-state index contributed by atoms with van der Waals surface area (Å²) in [5, 5.41) is 19.2. The van der Waals surface area contributed by atoms with Crippen LogP contribution in [-0.2, 0) is 16.0 Å². The second kappa shape index (κ2) is 12.3. The minimum Gasteiger partial charge on any atom is -0.480 e. The quantitative estimate of drug-likeness (QED) is 0.233. The van der Waals surface area contributed by atoms with Crippen molar-refractivity contribution in [1.82, 2.24) is 10.5 Å². The van der Waals surface area contributed by atoms with E-state index < -0.39 is 30.1 Å². The summed E-state index contributed by atoms with van der Waals surface area (Å²) in [6, 6.07) is 21.3. The van der Waals surface area contributed by atoms with Crippen LogP contribution in [0.25, 0.3) is 11.3 Å². The Morgan fingerprint density at radius 1 is 1.00 bits per heavy atom. The second-order valence-electron chi connectivity index (χ2n) is 8.80. The molecular weight excluding hydrogens is 522 g/mol. The summed E-state index contributed by atoms with van der Waals surface area (Å²) in [7, 11) is 0. The number of rotatable bonds is 9. The molecule has 4 aromatic rings. The largest absolute Gasteiger partial charge is 0.480 e. The molecule has 1 heterocycles. The summed E-state index contributed by atoms with van der Waals surface area (Å²) in [5.41, 5.74) is 3.01. The summed E-state index contributed by atoms with van der Waals surface area (Å²) in [6.45, 7) is 3.38. The summed E-state index contributed by atoms with van der Waals surface area (Å²) in [5.74, 6) is -1.39. The number of carbonyl (C=O) groups excluding carboxylic acids is 2. The molecule has 3 aromatic carbocycles. The Balaban J connectivity index is 1.44. The van der Waals surface area contributed by atoms with Crippen LogP contribution < -0.4 is 10.6 Å². The number of nitrogens with zero attached hydrogens (tertiary/aromatic N) is 1. The highest BCUT2D eigenvalue weighted by Gasteiger charge is 2.23. The van der Waals surface area contributed by atoms with Gasteiger partial charge in [-0.15, -0.1) is 0 Å². The number of ether oxygens (including phenoxy) is 1. The molecular formula is C29H26ClN3O6. The van der Waals surface area contributed by atoms with Crippen molar-refractivity contribution in [2.24, 2.45) is 0 Å². The Bertz CT molecular complexity index is 1470. The monoisotopic (exact) mass is 547 g/mol. The first-order chi connectivity index (χ1) is 18.7. The van der Waals surface area contributed by atoms with Crippen molar-refractivity contribution < 1.29 is 28.8 Å². The Hall–Kier alpha value is -4.63. The number of carboxylic acids is 1. The van der Waals surface area contributed by atoms with E-state index in [-0.39, 0.29) is 17.7 Å². The maximum Gasteiger partial charge on any atom is 0.412 e. The summed E-state index contributed by atoms with van der Waals surface area (Å²) < 4.78 is 10.9. The number of aryl methyl sites for hydroxylation is 1. The molecule has 200 valence electrons. The normalized spacial score (nSPS) is 12.3. The van der Waals surface area contributed by atoms with Crippen molar-refractivity contribution in [1.29, 1.82) is 0 Å². The Kier molecular flexibility index (Phi) is 8.63. The first-order valence-corrected chi connectivity index (χ1v) is 12.5. The van der Waals surface area contributed by atoms with Gasteiger partial charge >= 0.3 is 12.1 Å². The van der Waals surface area contributed by atoms with Crippen LogP contribution in [0.3, 0.4) is 0 Å². The van der Waals surface area contributed by atoms with Crippen LogP contribution in [-0.4, -0.2) is 34.3 Å². The molecule has 9 nitrogen and oxygen atoms in total. The van der Waals surface area contributed by atoms with E-state index in [1.54, 1.807) is 62.4 Å². The molecule has 0 bridgehead atoms. The zero-order chi connectivity index (χ0) is 27.9. The molecule has 0 saturated carbocycles. The van der Waals surface area contributed by atoms with Crippen molar-refractivity contribution in [3.05, 3.63) is 106 Å². The Morgan fingerprint density at radius 3 is 2.33 bits per heavy atom. The summed E-state index contributed by atoms with van der Waals surface area (Å²) >= 11 is 6.20. The minimum absolute atomic E-state index is 0.150. The van der Waals surface area contributed by atoms with Gasteiger partial charge in [-0.3, -0.25) is 10.1 Å². The van der Waals surface area contributed by atoms with Crippen LogP contribution in [0.5, 0.6) is 0 Å². The first kappa shape index (κ1) is 27.4. The van der Waals surface area contributed by atoms with E-state index in [1.165, 1.54) is 12.1 Å². The smallest absolute Gasteiger partial charge is 0.412 e. The van der Waals surface area contributed by atoms with Crippen molar-refractivity contribution in [3.63, 3.8) is 0 Å². The van der Waals surface area contributed by atoms with Gasteiger partial charge in [0.2, 0.25) is 0 Å². The molecule has 2 atom stereocenters. The number of nitrogens with one attached hydrogen (secondary N) is 2. The molecule has 0 aliphatic rings. The van der Waals surface area contributed by atoms with E-state index in [4.69, 9.17) is 20.9 Å². The van der Waals surface area contributed by atoms with E-state index >= 15 is 0 Å². The van der Waals surface area contributed by atoms with Gasteiger partial charge in [0.15, 0.2) is 5.76 Å². The molecule has 4 rings (SSSR count). The zero-order valence-electron chi connectivity index (χ0n) is 21.2. The number of hydrogen-bond donors (Lipinski definition) is 3. The fourth-order valence-electron chi connectivity index (χ4n) is 3.94. The number of anilines is 1. The highest BCUT2D eigenvalue weighted by atomic mass is 35.5. The lowest BCUT2D eigenvalue weighted by molar-refractivity contribution is -0.139. The molecule has 0 aliphatic carbocycles. The second-order valence-corrected chi connectivity index (χ2v) is 9.20. The average molecular weight is 548 g/mol. The van der Waals surface area contributed by atoms with Crippen LogP contribution in [0.4, 0.5) is 10.5 Å². The fraction of sp³-hybridized carbons (Fsp3) is 0.172. The molecule has 0 unspecified atom stereocenters. The van der Waals surface area contributed by atoms with Gasteiger partial charge in [-0.05, 0) is 37.6 Å². The average Bonchev–Trinajstić information content (AvgIpc) is 3.28. The molecule has 0 radical (unpaired) electrons. The molecule has 39 heavy (non-hydrogen) atoms. The van der Waals surface area contributed by atoms with E-state index in [0.29, 0.717) is 27.5 Å². The predicted octanol–water partition coefficient (Wildman–Crippen LogP) is 6.04. The molecule has 0 aliphatic heterocycles. The topological polar surface area (TPSA) is 131 Å². The molecule has 0 fully saturated rings. The van der Waals surface area contributed by atoms with Crippen LogP contribution in [0.1, 0.15) is 40.2 Å². The molecule has 3 N–H and O–H groups in total. The van der Waals surface area contributed by atoms with Crippen LogP contribution in [0.2, 0.25) is 5.02 Å². The lowest BCUT2D eigenvalue weighted by Crippen LogP contribution is -2.42. The van der Waals surface area contributed by atoms with E-state index in [0.717, 1.165) is 5.56 Å². The van der Waals surface area contributed by atoms with E-state index in [2.05, 4.69) is 15.8 Å². The van der Waals surface area contributed by atoms with Crippen molar-refractivity contribution in [2.45, 2.75) is 32.4 Å². The molecule has 10 heteroatoms. The van der Waals surface area contributed by atoms with Crippen LogP contribution in [0, 0.1) is 6.92 Å². The van der Waals surface area contributed by atoms with Gasteiger partial charge < -0.3 is 19.7 Å². The van der Waals surface area contributed by atoms with Gasteiger partial charge in [0, 0.05) is 28.1 Å². The zero-order valence-corrected chi connectivity index (χ0v) is 21.9. The number of carboxylic acid groups (broad SMARTS) is 1. The Morgan fingerprint density at radius 2 is 1.67 bits per heavy atom.